The first-order valence-electron chi connectivity index (χ1n) is 7.10. The van der Waals surface area contributed by atoms with Crippen molar-refractivity contribution >= 4 is 21.4 Å². The van der Waals surface area contributed by atoms with Gasteiger partial charge in [0.15, 0.2) is 21.3 Å². The Hall–Kier alpha value is -1.02. The molecule has 1 fully saturated rings. The third kappa shape index (κ3) is 3.03. The fourth-order valence-corrected chi connectivity index (χ4v) is 4.97. The molecule has 0 amide bonds. The van der Waals surface area contributed by atoms with E-state index in [1.54, 1.807) is 6.07 Å². The van der Waals surface area contributed by atoms with Crippen molar-refractivity contribution in [3.05, 3.63) is 22.7 Å². The van der Waals surface area contributed by atoms with Gasteiger partial charge >= 0.3 is 0 Å². The molecule has 0 spiro atoms. The van der Waals surface area contributed by atoms with Crippen LogP contribution in [-0.4, -0.2) is 55.4 Å². The standard InChI is InChI=1S/C14H18ClNO5S/c1-2-16(11-6-22(18,19)7-12(11)17)5-9-3-13-14(4-10(9)15)21-8-20-13/h3-4,11-12,17H,2,5-8H2,1H3/t11-,12-/m0/s1. The number of aliphatic hydroxyl groups is 1. The number of hydrogen-bond donors (Lipinski definition) is 1. The molecule has 2 heterocycles. The molecule has 122 valence electrons. The third-order valence-corrected chi connectivity index (χ3v) is 6.13. The number of fused-ring (bicyclic) bond motifs is 1. The highest BCUT2D eigenvalue weighted by Gasteiger charge is 2.39. The number of hydrogen-bond acceptors (Lipinski definition) is 6. The maximum Gasteiger partial charge on any atom is 0.231 e. The van der Waals surface area contributed by atoms with Gasteiger partial charge in [0.1, 0.15) is 0 Å². The minimum atomic E-state index is -3.18. The maximum absolute atomic E-state index is 11.7. The molecule has 3 rings (SSSR count). The summed E-state index contributed by atoms with van der Waals surface area (Å²) in [5, 5.41) is 10.6. The van der Waals surface area contributed by atoms with Crippen molar-refractivity contribution in [2.75, 3.05) is 24.8 Å². The van der Waals surface area contributed by atoms with E-state index in [0.717, 1.165) is 5.56 Å². The Labute approximate surface area is 134 Å². The summed E-state index contributed by atoms with van der Waals surface area (Å²) in [7, 11) is -3.18. The highest BCUT2D eigenvalue weighted by molar-refractivity contribution is 7.91. The molecule has 1 aromatic carbocycles. The second-order valence-electron chi connectivity index (χ2n) is 5.57. The summed E-state index contributed by atoms with van der Waals surface area (Å²) in [5.74, 6) is 1.04. The van der Waals surface area contributed by atoms with E-state index in [1.165, 1.54) is 0 Å². The fourth-order valence-electron chi connectivity index (χ4n) is 2.92. The molecular formula is C14H18ClNO5S. The van der Waals surface area contributed by atoms with Crippen LogP contribution in [0, 0.1) is 0 Å². The van der Waals surface area contributed by atoms with Crippen LogP contribution in [0.5, 0.6) is 11.5 Å². The Morgan fingerprint density at radius 2 is 2.00 bits per heavy atom. The Morgan fingerprint density at radius 3 is 2.59 bits per heavy atom. The average Bonchev–Trinajstić information content (AvgIpc) is 2.99. The second-order valence-corrected chi connectivity index (χ2v) is 8.13. The van der Waals surface area contributed by atoms with Crippen molar-refractivity contribution in [1.82, 2.24) is 4.90 Å². The predicted molar refractivity (Wildman–Crippen MR) is 82.1 cm³/mol. The lowest BCUT2D eigenvalue weighted by Gasteiger charge is -2.29. The van der Waals surface area contributed by atoms with Crippen molar-refractivity contribution in [3.8, 4) is 11.5 Å². The minimum Gasteiger partial charge on any atom is -0.454 e. The summed E-state index contributed by atoms with van der Waals surface area (Å²) in [4.78, 5) is 1.93. The zero-order valence-corrected chi connectivity index (χ0v) is 13.7. The lowest BCUT2D eigenvalue weighted by molar-refractivity contribution is 0.0818. The Morgan fingerprint density at radius 1 is 1.32 bits per heavy atom. The van der Waals surface area contributed by atoms with E-state index in [2.05, 4.69) is 0 Å². The molecule has 8 heteroatoms. The second kappa shape index (κ2) is 5.88. The Balaban J connectivity index is 1.82. The van der Waals surface area contributed by atoms with Crippen molar-refractivity contribution in [2.24, 2.45) is 0 Å². The molecule has 1 aromatic rings. The first-order valence-corrected chi connectivity index (χ1v) is 9.30. The first kappa shape index (κ1) is 15.9. The lowest BCUT2D eigenvalue weighted by atomic mass is 10.1. The summed E-state index contributed by atoms with van der Waals surface area (Å²) < 4.78 is 34.0. The van der Waals surface area contributed by atoms with Gasteiger partial charge in [-0.2, -0.15) is 0 Å². The van der Waals surface area contributed by atoms with Gasteiger partial charge in [-0.25, -0.2) is 8.42 Å². The number of aliphatic hydroxyl groups excluding tert-OH is 1. The van der Waals surface area contributed by atoms with Crippen LogP contribution in [0.4, 0.5) is 0 Å². The van der Waals surface area contributed by atoms with Gasteiger partial charge in [0.05, 0.1) is 23.7 Å². The van der Waals surface area contributed by atoms with Gasteiger partial charge in [-0.15, -0.1) is 0 Å². The summed E-state index contributed by atoms with van der Waals surface area (Å²) in [5.41, 5.74) is 0.823. The van der Waals surface area contributed by atoms with E-state index in [9.17, 15) is 13.5 Å². The molecule has 0 unspecified atom stereocenters. The predicted octanol–water partition coefficient (Wildman–Crippen LogP) is 1.05. The summed E-state index contributed by atoms with van der Waals surface area (Å²) >= 11 is 6.27. The zero-order valence-electron chi connectivity index (χ0n) is 12.2. The molecule has 0 bridgehead atoms. The molecule has 22 heavy (non-hydrogen) atoms. The topological polar surface area (TPSA) is 76.1 Å². The number of sulfone groups is 1. The highest BCUT2D eigenvalue weighted by Crippen LogP contribution is 2.37. The molecule has 2 atom stereocenters. The number of ether oxygens (including phenoxy) is 2. The largest absolute Gasteiger partial charge is 0.454 e. The van der Waals surface area contributed by atoms with Crippen LogP contribution >= 0.6 is 11.6 Å². The Bertz CT molecular complexity index is 678. The zero-order chi connectivity index (χ0) is 15.9. The van der Waals surface area contributed by atoms with Crippen molar-refractivity contribution < 1.29 is 23.0 Å². The maximum atomic E-state index is 11.7. The molecule has 0 radical (unpaired) electrons. The van der Waals surface area contributed by atoms with Crippen LogP contribution in [0.1, 0.15) is 12.5 Å². The van der Waals surface area contributed by atoms with Gasteiger partial charge in [0.2, 0.25) is 6.79 Å². The quantitative estimate of drug-likeness (QED) is 0.877. The lowest BCUT2D eigenvalue weighted by Crippen LogP contribution is -2.42. The van der Waals surface area contributed by atoms with Crippen molar-refractivity contribution in [1.29, 1.82) is 0 Å². The van der Waals surface area contributed by atoms with Gasteiger partial charge in [-0.05, 0) is 18.2 Å². The van der Waals surface area contributed by atoms with Crippen LogP contribution in [0.25, 0.3) is 0 Å². The van der Waals surface area contributed by atoms with Gasteiger partial charge in [-0.1, -0.05) is 18.5 Å². The number of benzene rings is 1. The van der Waals surface area contributed by atoms with Crippen LogP contribution in [0.2, 0.25) is 5.02 Å². The van der Waals surface area contributed by atoms with Crippen LogP contribution < -0.4 is 9.47 Å². The summed E-state index contributed by atoms with van der Waals surface area (Å²) in [6, 6.07) is 3.11. The highest BCUT2D eigenvalue weighted by atomic mass is 35.5. The monoisotopic (exact) mass is 347 g/mol. The number of nitrogens with zero attached hydrogens (tertiary/aromatic N) is 1. The van der Waals surface area contributed by atoms with E-state index in [4.69, 9.17) is 21.1 Å². The molecule has 2 aliphatic rings. The number of rotatable bonds is 4. The van der Waals surface area contributed by atoms with E-state index >= 15 is 0 Å². The van der Waals surface area contributed by atoms with Gasteiger partial charge in [0.25, 0.3) is 0 Å². The van der Waals surface area contributed by atoms with Crippen LogP contribution in [-0.2, 0) is 16.4 Å². The average molecular weight is 348 g/mol. The van der Waals surface area contributed by atoms with E-state index in [1.807, 2.05) is 17.9 Å². The summed E-state index contributed by atoms with van der Waals surface area (Å²) in [6.45, 7) is 3.16. The minimum absolute atomic E-state index is 0.0236. The normalized spacial score (nSPS) is 25.8. The van der Waals surface area contributed by atoms with E-state index < -0.39 is 22.0 Å². The van der Waals surface area contributed by atoms with E-state index in [0.29, 0.717) is 29.6 Å². The fraction of sp³-hybridized carbons (Fsp3) is 0.571. The third-order valence-electron chi connectivity index (χ3n) is 4.08. The molecule has 0 saturated carbocycles. The summed E-state index contributed by atoms with van der Waals surface area (Å²) in [6.07, 6.45) is -0.863. The smallest absolute Gasteiger partial charge is 0.231 e. The molecule has 1 saturated heterocycles. The molecule has 0 aromatic heterocycles. The van der Waals surface area contributed by atoms with Gasteiger partial charge in [0, 0.05) is 17.6 Å². The van der Waals surface area contributed by atoms with Crippen LogP contribution in [0.3, 0.4) is 0 Å². The SMILES string of the molecule is CCN(Cc1cc2c(cc1Cl)OCO2)[C@H]1CS(=O)(=O)C[C@@H]1O. The van der Waals surface area contributed by atoms with Gasteiger partial charge < -0.3 is 14.6 Å². The number of likely N-dealkylation sites (N-methyl/N-ethyl adjacent to an activating group) is 1. The van der Waals surface area contributed by atoms with E-state index in [-0.39, 0.29) is 18.3 Å². The van der Waals surface area contributed by atoms with Crippen molar-refractivity contribution in [2.45, 2.75) is 25.6 Å². The first-order chi connectivity index (χ1) is 10.4. The molecule has 6 nitrogen and oxygen atoms in total. The molecular weight excluding hydrogens is 330 g/mol. The van der Waals surface area contributed by atoms with Crippen molar-refractivity contribution in [3.63, 3.8) is 0 Å². The molecule has 0 aliphatic carbocycles. The Kier molecular flexibility index (Phi) is 4.24. The number of halogens is 1. The van der Waals surface area contributed by atoms with Crippen LogP contribution in [0.15, 0.2) is 12.1 Å². The molecule has 1 N–H and O–H groups in total. The molecule has 2 aliphatic heterocycles. The van der Waals surface area contributed by atoms with Gasteiger partial charge in [-0.3, -0.25) is 4.90 Å².